The van der Waals surface area contributed by atoms with Gasteiger partial charge in [-0.05, 0) is 12.1 Å². The molecule has 106 valence electrons. The normalized spacial score (nSPS) is 11.4. The van der Waals surface area contributed by atoms with Gasteiger partial charge in [-0.1, -0.05) is 16.8 Å². The van der Waals surface area contributed by atoms with Crippen molar-refractivity contribution in [3.8, 4) is 11.4 Å². The Labute approximate surface area is 115 Å². The number of carbonyl (C=O) groups excluding carboxylic acids is 1. The minimum absolute atomic E-state index is 0.224. The summed E-state index contributed by atoms with van der Waals surface area (Å²) in [5.41, 5.74) is -0.559. The van der Waals surface area contributed by atoms with Gasteiger partial charge in [0.05, 0.1) is 24.0 Å². The van der Waals surface area contributed by atoms with Gasteiger partial charge in [0, 0.05) is 6.07 Å². The van der Waals surface area contributed by atoms with Crippen LogP contribution in [0.3, 0.4) is 0 Å². The fourth-order valence-electron chi connectivity index (χ4n) is 1.43. The van der Waals surface area contributed by atoms with Crippen LogP contribution < -0.4 is 4.74 Å². The second-order valence-corrected chi connectivity index (χ2v) is 4.10. The number of carbonyl (C=O) groups is 1. The molecule has 0 aliphatic heterocycles. The lowest BCUT2D eigenvalue weighted by Crippen LogP contribution is -2.23. The molecule has 2 rings (SSSR count). The Hall–Kier alpha value is -2.09. The van der Waals surface area contributed by atoms with Crippen LogP contribution in [0, 0.1) is 0 Å². The molecule has 0 amide bonds. The molecule has 0 bridgehead atoms. The van der Waals surface area contributed by atoms with E-state index in [0.717, 1.165) is 10.9 Å². The highest BCUT2D eigenvalue weighted by atomic mass is 35.5. The molecule has 0 aliphatic carbocycles. The fourth-order valence-corrected chi connectivity index (χ4v) is 1.63. The van der Waals surface area contributed by atoms with Gasteiger partial charge in [-0.25, -0.2) is 4.68 Å². The van der Waals surface area contributed by atoms with E-state index in [1.165, 1.54) is 19.2 Å². The first-order valence-corrected chi connectivity index (χ1v) is 5.58. The lowest BCUT2D eigenvalue weighted by Gasteiger charge is -2.06. The first-order chi connectivity index (χ1) is 9.32. The van der Waals surface area contributed by atoms with E-state index in [1.807, 2.05) is 0 Å². The maximum atomic E-state index is 12.3. The molecule has 1 aromatic heterocycles. The number of methoxy groups -OCH3 is 1. The lowest BCUT2D eigenvalue weighted by atomic mass is 10.3. The largest absolute Gasteiger partial charge is 0.497 e. The number of Topliss-reactive ketones (excluding diaryl/α,β-unsaturated/α-hetero) is 1. The Morgan fingerprint density at radius 3 is 2.70 bits per heavy atom. The van der Waals surface area contributed by atoms with Crippen molar-refractivity contribution in [2.24, 2.45) is 0 Å². The Balaban J connectivity index is 2.41. The van der Waals surface area contributed by atoms with Crippen molar-refractivity contribution in [1.29, 1.82) is 0 Å². The molecule has 9 heteroatoms. The standard InChI is InChI=1S/C11H7ClF3N3O2/c1-20-6-2-3-7(12)9(4-6)18-5-8(16-17-18)10(19)11(13,14)15/h2-5H,1H3. The van der Waals surface area contributed by atoms with E-state index in [1.54, 1.807) is 6.07 Å². The first kappa shape index (κ1) is 14.3. The molecule has 0 spiro atoms. The minimum Gasteiger partial charge on any atom is -0.497 e. The molecular formula is C11H7ClF3N3O2. The molecule has 5 nitrogen and oxygen atoms in total. The Morgan fingerprint density at radius 2 is 2.10 bits per heavy atom. The third-order valence-corrected chi connectivity index (χ3v) is 2.70. The summed E-state index contributed by atoms with van der Waals surface area (Å²) in [6.07, 6.45) is -4.14. The van der Waals surface area contributed by atoms with Gasteiger partial charge < -0.3 is 4.74 Å². The fraction of sp³-hybridized carbons (Fsp3) is 0.182. The quantitative estimate of drug-likeness (QED) is 0.818. The molecule has 0 fully saturated rings. The number of benzene rings is 1. The number of aromatic nitrogens is 3. The summed E-state index contributed by atoms with van der Waals surface area (Å²) in [5.74, 6) is -1.63. The van der Waals surface area contributed by atoms with Gasteiger partial charge in [0.25, 0.3) is 5.78 Å². The Morgan fingerprint density at radius 1 is 1.40 bits per heavy atom. The highest BCUT2D eigenvalue weighted by molar-refractivity contribution is 6.32. The molecule has 1 heterocycles. The molecule has 0 radical (unpaired) electrons. The second-order valence-electron chi connectivity index (χ2n) is 3.69. The number of halogens is 4. The van der Waals surface area contributed by atoms with Crippen molar-refractivity contribution in [2.75, 3.05) is 7.11 Å². The number of alkyl halides is 3. The van der Waals surface area contributed by atoms with Crippen molar-refractivity contribution in [3.63, 3.8) is 0 Å². The van der Waals surface area contributed by atoms with Crippen LogP contribution in [0.1, 0.15) is 10.5 Å². The highest BCUT2D eigenvalue weighted by Crippen LogP contribution is 2.26. The third-order valence-electron chi connectivity index (χ3n) is 2.38. The predicted octanol–water partition coefficient (Wildman–Crippen LogP) is 2.67. The van der Waals surface area contributed by atoms with Gasteiger partial charge in [-0.2, -0.15) is 13.2 Å². The molecule has 0 aliphatic rings. The van der Waals surface area contributed by atoms with Gasteiger partial charge in [0.1, 0.15) is 5.75 Å². The number of hydrogen-bond donors (Lipinski definition) is 0. The van der Waals surface area contributed by atoms with E-state index in [-0.39, 0.29) is 10.7 Å². The molecule has 0 saturated carbocycles. The molecule has 1 aromatic carbocycles. The number of rotatable bonds is 3. The van der Waals surface area contributed by atoms with Gasteiger partial charge in [0.15, 0.2) is 5.69 Å². The van der Waals surface area contributed by atoms with Gasteiger partial charge in [0.2, 0.25) is 0 Å². The van der Waals surface area contributed by atoms with Gasteiger partial charge >= 0.3 is 6.18 Å². The summed E-state index contributed by atoms with van der Waals surface area (Å²) in [6, 6.07) is 4.52. The van der Waals surface area contributed by atoms with Crippen molar-refractivity contribution in [3.05, 3.63) is 35.1 Å². The average molecular weight is 306 g/mol. The maximum Gasteiger partial charge on any atom is 0.456 e. The average Bonchev–Trinajstić information content (AvgIpc) is 2.86. The van der Waals surface area contributed by atoms with Crippen LogP contribution in [0.15, 0.2) is 24.4 Å². The zero-order valence-electron chi connectivity index (χ0n) is 9.98. The maximum absolute atomic E-state index is 12.3. The van der Waals surface area contributed by atoms with Crippen molar-refractivity contribution in [1.82, 2.24) is 15.0 Å². The van der Waals surface area contributed by atoms with E-state index in [9.17, 15) is 18.0 Å². The lowest BCUT2D eigenvalue weighted by molar-refractivity contribution is -0.0888. The van der Waals surface area contributed by atoms with Crippen LogP contribution in [0.5, 0.6) is 5.75 Å². The topological polar surface area (TPSA) is 57.0 Å². The predicted molar refractivity (Wildman–Crippen MR) is 63.3 cm³/mol. The number of nitrogens with zero attached hydrogens (tertiary/aromatic N) is 3. The molecule has 0 unspecified atom stereocenters. The van der Waals surface area contributed by atoms with E-state index in [4.69, 9.17) is 16.3 Å². The van der Waals surface area contributed by atoms with Gasteiger partial charge in [-0.15, -0.1) is 5.10 Å². The van der Waals surface area contributed by atoms with Crippen LogP contribution in [-0.4, -0.2) is 34.1 Å². The van der Waals surface area contributed by atoms with Crippen molar-refractivity contribution in [2.45, 2.75) is 6.18 Å². The zero-order valence-corrected chi connectivity index (χ0v) is 10.7. The summed E-state index contributed by atoms with van der Waals surface area (Å²) >= 11 is 5.92. The SMILES string of the molecule is COc1ccc(Cl)c(-n2cc(C(=O)C(F)(F)F)nn2)c1. The van der Waals surface area contributed by atoms with Crippen LogP contribution in [-0.2, 0) is 0 Å². The van der Waals surface area contributed by atoms with Crippen LogP contribution in [0.25, 0.3) is 5.69 Å². The number of ether oxygens (including phenoxy) is 1. The molecule has 2 aromatic rings. The first-order valence-electron chi connectivity index (χ1n) is 5.20. The molecule has 0 saturated heterocycles. The summed E-state index contributed by atoms with van der Waals surface area (Å²) in [4.78, 5) is 11.0. The van der Waals surface area contributed by atoms with Gasteiger partial charge in [-0.3, -0.25) is 4.79 Å². The highest BCUT2D eigenvalue weighted by Gasteiger charge is 2.41. The van der Waals surface area contributed by atoms with Crippen LogP contribution in [0.2, 0.25) is 5.02 Å². The van der Waals surface area contributed by atoms with Crippen LogP contribution in [0.4, 0.5) is 13.2 Å². The minimum atomic E-state index is -5.00. The molecular weight excluding hydrogens is 299 g/mol. The van der Waals surface area contributed by atoms with Crippen LogP contribution >= 0.6 is 11.6 Å². The Kier molecular flexibility index (Phi) is 3.67. The summed E-state index contributed by atoms with van der Waals surface area (Å²) in [6.45, 7) is 0. The number of ketones is 1. The van der Waals surface area contributed by atoms with E-state index >= 15 is 0 Å². The third kappa shape index (κ3) is 2.74. The van der Waals surface area contributed by atoms with E-state index < -0.39 is 17.7 Å². The zero-order chi connectivity index (χ0) is 14.9. The second kappa shape index (κ2) is 5.12. The summed E-state index contributed by atoms with van der Waals surface area (Å²) < 4.78 is 42.8. The van der Waals surface area contributed by atoms with E-state index in [2.05, 4.69) is 10.3 Å². The Bertz CT molecular complexity index is 655. The molecule has 20 heavy (non-hydrogen) atoms. The van der Waals surface area contributed by atoms with E-state index in [0.29, 0.717) is 5.75 Å². The summed E-state index contributed by atoms with van der Waals surface area (Å²) in [7, 11) is 1.42. The monoisotopic (exact) mass is 305 g/mol. The smallest absolute Gasteiger partial charge is 0.456 e. The van der Waals surface area contributed by atoms with Crippen molar-refractivity contribution < 1.29 is 22.7 Å². The number of hydrogen-bond acceptors (Lipinski definition) is 4. The van der Waals surface area contributed by atoms with Crippen molar-refractivity contribution >= 4 is 17.4 Å². The summed E-state index contributed by atoms with van der Waals surface area (Å²) in [5, 5.41) is 6.89. The molecule has 0 atom stereocenters. The molecule has 0 N–H and O–H groups in total.